The third kappa shape index (κ3) is 6.16. The van der Waals surface area contributed by atoms with E-state index in [9.17, 15) is 24.5 Å². The maximum absolute atomic E-state index is 12.9. The highest BCUT2D eigenvalue weighted by Crippen LogP contribution is 2.27. The zero-order valence-electron chi connectivity index (χ0n) is 17.3. The van der Waals surface area contributed by atoms with Gasteiger partial charge in [0.1, 0.15) is 6.04 Å². The van der Waals surface area contributed by atoms with Crippen LogP contribution in [0.3, 0.4) is 0 Å². The van der Waals surface area contributed by atoms with E-state index in [0.29, 0.717) is 12.3 Å². The summed E-state index contributed by atoms with van der Waals surface area (Å²) in [4.78, 5) is 49.2. The van der Waals surface area contributed by atoms with E-state index >= 15 is 0 Å². The molecule has 10 nitrogen and oxygen atoms in total. The van der Waals surface area contributed by atoms with Crippen LogP contribution >= 0.6 is 0 Å². The summed E-state index contributed by atoms with van der Waals surface area (Å²) >= 11 is 0. The Kier molecular flexibility index (Phi) is 8.14. The highest BCUT2D eigenvalue weighted by molar-refractivity contribution is 5.93. The van der Waals surface area contributed by atoms with Gasteiger partial charge in [-0.15, -0.1) is 0 Å². The van der Waals surface area contributed by atoms with Gasteiger partial charge >= 0.3 is 11.7 Å². The van der Waals surface area contributed by atoms with Crippen molar-refractivity contribution in [3.63, 3.8) is 0 Å². The summed E-state index contributed by atoms with van der Waals surface area (Å²) in [6.45, 7) is 6.13. The molecule has 2 atom stereocenters. The van der Waals surface area contributed by atoms with Crippen LogP contribution in [-0.4, -0.2) is 59.4 Å². The van der Waals surface area contributed by atoms with E-state index in [4.69, 9.17) is 9.47 Å². The Balaban J connectivity index is 2.06. The zero-order chi connectivity index (χ0) is 22.3. The maximum atomic E-state index is 12.9. The lowest BCUT2D eigenvalue weighted by atomic mass is 10.1. The molecule has 0 aliphatic carbocycles. The molecule has 1 heterocycles. The Hall–Kier alpha value is -3.17. The number of carbonyl (C=O) groups excluding carboxylic acids is 3. The maximum Gasteiger partial charge on any atom is 0.310 e. The van der Waals surface area contributed by atoms with Crippen LogP contribution in [0.25, 0.3) is 0 Å². The molecule has 1 aliphatic heterocycles. The van der Waals surface area contributed by atoms with Crippen molar-refractivity contribution < 1.29 is 28.8 Å². The molecule has 2 amide bonds. The number of nitrogens with one attached hydrogen (secondary N) is 1. The Morgan fingerprint density at radius 3 is 2.67 bits per heavy atom. The summed E-state index contributed by atoms with van der Waals surface area (Å²) in [5, 5.41) is 13.8. The summed E-state index contributed by atoms with van der Waals surface area (Å²) < 4.78 is 10.7. The number of carbonyl (C=O) groups is 3. The number of para-hydroxylation sites is 2. The van der Waals surface area contributed by atoms with E-state index in [0.717, 1.165) is 0 Å². The van der Waals surface area contributed by atoms with Gasteiger partial charge in [-0.05, 0) is 25.3 Å². The van der Waals surface area contributed by atoms with Crippen LogP contribution < -0.4 is 10.1 Å². The molecule has 2 rings (SSSR count). The average molecular weight is 421 g/mol. The molecule has 164 valence electrons. The molecular formula is C20H27N3O7. The van der Waals surface area contributed by atoms with Crippen LogP contribution in [0.2, 0.25) is 0 Å². The van der Waals surface area contributed by atoms with Crippen LogP contribution in [0.5, 0.6) is 5.75 Å². The van der Waals surface area contributed by atoms with Crippen LogP contribution in [0, 0.1) is 16.0 Å². The van der Waals surface area contributed by atoms with Gasteiger partial charge in [-0.3, -0.25) is 24.5 Å². The fourth-order valence-corrected chi connectivity index (χ4v) is 2.99. The molecule has 1 aliphatic rings. The lowest BCUT2D eigenvalue weighted by Crippen LogP contribution is -2.60. The van der Waals surface area contributed by atoms with E-state index in [-0.39, 0.29) is 37.6 Å². The number of amides is 2. The SMILES string of the molecule is CC(C)CCOC(=O)CC1C(=O)NCCN1C(=O)C(C)Oc1ccccc1[N+](=O)[O-]. The molecule has 1 saturated heterocycles. The predicted octanol–water partition coefficient (Wildman–Crippen LogP) is 1.67. The average Bonchev–Trinajstić information content (AvgIpc) is 2.69. The van der Waals surface area contributed by atoms with Gasteiger partial charge in [0.05, 0.1) is 18.0 Å². The molecular weight excluding hydrogens is 394 g/mol. The minimum Gasteiger partial charge on any atom is -0.474 e. The number of nitrogens with zero attached hydrogens (tertiary/aromatic N) is 2. The van der Waals surface area contributed by atoms with Gasteiger partial charge < -0.3 is 19.7 Å². The van der Waals surface area contributed by atoms with Crippen molar-refractivity contribution in [2.45, 2.75) is 45.8 Å². The number of esters is 1. The zero-order valence-corrected chi connectivity index (χ0v) is 17.3. The first kappa shape index (κ1) is 23.1. The molecule has 0 radical (unpaired) electrons. The van der Waals surface area contributed by atoms with Gasteiger partial charge in [-0.1, -0.05) is 26.0 Å². The molecule has 30 heavy (non-hydrogen) atoms. The summed E-state index contributed by atoms with van der Waals surface area (Å²) in [6.07, 6.45) is -0.656. The first-order chi connectivity index (χ1) is 14.2. The Labute approximate surface area is 174 Å². The van der Waals surface area contributed by atoms with E-state index in [2.05, 4.69) is 5.32 Å². The molecule has 10 heteroatoms. The second-order valence-electron chi connectivity index (χ2n) is 7.43. The normalized spacial score (nSPS) is 17.3. The number of rotatable bonds is 9. The van der Waals surface area contributed by atoms with Crippen LogP contribution in [-0.2, 0) is 19.1 Å². The minimum atomic E-state index is -1.09. The Morgan fingerprint density at radius 2 is 2.00 bits per heavy atom. The molecule has 1 aromatic rings. The lowest BCUT2D eigenvalue weighted by molar-refractivity contribution is -0.386. The van der Waals surface area contributed by atoms with E-state index in [1.54, 1.807) is 6.07 Å². The van der Waals surface area contributed by atoms with Crippen molar-refractivity contribution in [2.24, 2.45) is 5.92 Å². The Bertz CT molecular complexity index is 796. The summed E-state index contributed by atoms with van der Waals surface area (Å²) in [6, 6.07) is 4.71. The van der Waals surface area contributed by atoms with Crippen molar-refractivity contribution >= 4 is 23.5 Å². The Morgan fingerprint density at radius 1 is 1.30 bits per heavy atom. The molecule has 0 saturated carbocycles. The molecule has 1 fully saturated rings. The van der Waals surface area contributed by atoms with E-state index in [1.165, 1.54) is 30.0 Å². The molecule has 0 aromatic heterocycles. The van der Waals surface area contributed by atoms with Gasteiger partial charge in [-0.2, -0.15) is 0 Å². The second kappa shape index (κ2) is 10.6. The fourth-order valence-electron chi connectivity index (χ4n) is 2.99. The molecule has 1 aromatic carbocycles. The van der Waals surface area contributed by atoms with Crippen LogP contribution in [0.15, 0.2) is 24.3 Å². The van der Waals surface area contributed by atoms with Crippen LogP contribution in [0.4, 0.5) is 5.69 Å². The first-order valence-electron chi connectivity index (χ1n) is 9.84. The predicted molar refractivity (Wildman–Crippen MR) is 107 cm³/mol. The number of benzene rings is 1. The van der Waals surface area contributed by atoms with Crippen molar-refractivity contribution in [3.05, 3.63) is 34.4 Å². The highest BCUT2D eigenvalue weighted by atomic mass is 16.6. The van der Waals surface area contributed by atoms with Crippen LogP contribution in [0.1, 0.15) is 33.6 Å². The third-order valence-corrected chi connectivity index (χ3v) is 4.65. The van der Waals surface area contributed by atoms with Crippen molar-refractivity contribution in [2.75, 3.05) is 19.7 Å². The molecule has 0 bridgehead atoms. The van der Waals surface area contributed by atoms with E-state index < -0.39 is 34.9 Å². The summed E-state index contributed by atoms with van der Waals surface area (Å²) in [5.41, 5.74) is -0.265. The number of ether oxygens (including phenoxy) is 2. The number of nitro benzene ring substituents is 1. The highest BCUT2D eigenvalue weighted by Gasteiger charge is 2.37. The van der Waals surface area contributed by atoms with Gasteiger partial charge in [0.25, 0.3) is 5.91 Å². The monoisotopic (exact) mass is 421 g/mol. The standard InChI is InChI=1S/C20H27N3O7/c1-13(2)8-11-29-18(24)12-16-19(25)21-9-10-22(16)20(26)14(3)30-17-7-5-4-6-15(17)23(27)28/h4-7,13-14,16H,8-12H2,1-3H3,(H,21,25). The number of nitro groups is 1. The van der Waals surface area contributed by atoms with Crippen molar-refractivity contribution in [3.8, 4) is 5.75 Å². The third-order valence-electron chi connectivity index (χ3n) is 4.65. The summed E-state index contributed by atoms with van der Waals surface area (Å²) in [5.74, 6) is -1.23. The molecule has 2 unspecified atom stereocenters. The number of piperazine rings is 1. The topological polar surface area (TPSA) is 128 Å². The second-order valence-corrected chi connectivity index (χ2v) is 7.43. The van der Waals surface area contributed by atoms with Gasteiger partial charge in [0.2, 0.25) is 5.91 Å². The van der Waals surface area contributed by atoms with Crippen molar-refractivity contribution in [1.29, 1.82) is 0 Å². The minimum absolute atomic E-state index is 0.0468. The smallest absolute Gasteiger partial charge is 0.310 e. The largest absolute Gasteiger partial charge is 0.474 e. The van der Waals surface area contributed by atoms with Crippen molar-refractivity contribution in [1.82, 2.24) is 10.2 Å². The van der Waals surface area contributed by atoms with Gasteiger partial charge in [0.15, 0.2) is 11.9 Å². The summed E-state index contributed by atoms with van der Waals surface area (Å²) in [7, 11) is 0. The fraction of sp³-hybridized carbons (Fsp3) is 0.550. The first-order valence-corrected chi connectivity index (χ1v) is 9.84. The van der Waals surface area contributed by atoms with Gasteiger partial charge in [-0.25, -0.2) is 0 Å². The molecule has 0 spiro atoms. The molecule has 1 N–H and O–H groups in total. The lowest BCUT2D eigenvalue weighted by Gasteiger charge is -2.36. The van der Waals surface area contributed by atoms with E-state index in [1.807, 2.05) is 13.8 Å². The number of hydrogen-bond donors (Lipinski definition) is 1. The quantitative estimate of drug-likeness (QED) is 0.365. The van der Waals surface area contributed by atoms with Gasteiger partial charge in [0, 0.05) is 19.2 Å². The number of hydrogen-bond acceptors (Lipinski definition) is 7.